The zero-order chi connectivity index (χ0) is 10.7. The van der Waals surface area contributed by atoms with Crippen LogP contribution in [0.4, 0.5) is 0 Å². The molecular formula is C11H12NO3. The van der Waals surface area contributed by atoms with Gasteiger partial charge >= 0.3 is 0 Å². The van der Waals surface area contributed by atoms with E-state index < -0.39 is 0 Å². The number of amides is 2. The van der Waals surface area contributed by atoms with Crippen LogP contribution < -0.4 is 0 Å². The van der Waals surface area contributed by atoms with Gasteiger partial charge in [0.1, 0.15) is 0 Å². The molecule has 3 aliphatic rings. The van der Waals surface area contributed by atoms with Crippen molar-refractivity contribution in [3.8, 4) is 0 Å². The SMILES string of the molecule is C[C]1[CH][CH][C@@H]2O[C@H]1[C@H]1C(=O)N(C)C(=O)[C@H]12. The van der Waals surface area contributed by atoms with Crippen molar-refractivity contribution in [1.82, 2.24) is 4.90 Å². The summed E-state index contributed by atoms with van der Waals surface area (Å²) in [7, 11) is 1.55. The lowest BCUT2D eigenvalue weighted by Crippen LogP contribution is -2.37. The van der Waals surface area contributed by atoms with Crippen LogP contribution in [0.2, 0.25) is 0 Å². The molecule has 3 heterocycles. The molecular weight excluding hydrogens is 194 g/mol. The first-order valence-electron chi connectivity index (χ1n) is 5.10. The summed E-state index contributed by atoms with van der Waals surface area (Å²) in [6, 6.07) is 0. The van der Waals surface area contributed by atoms with E-state index in [1.807, 2.05) is 19.8 Å². The van der Waals surface area contributed by atoms with Crippen molar-refractivity contribution in [1.29, 1.82) is 0 Å². The topological polar surface area (TPSA) is 46.6 Å². The summed E-state index contributed by atoms with van der Waals surface area (Å²) in [6.07, 6.45) is 3.47. The van der Waals surface area contributed by atoms with Crippen LogP contribution in [0, 0.1) is 30.6 Å². The van der Waals surface area contributed by atoms with E-state index in [-0.39, 0.29) is 35.9 Å². The zero-order valence-corrected chi connectivity index (χ0v) is 8.64. The highest BCUT2D eigenvalue weighted by molar-refractivity contribution is 6.06. The van der Waals surface area contributed by atoms with Gasteiger partial charge in [-0.15, -0.1) is 0 Å². The minimum Gasteiger partial charge on any atom is -0.372 e. The average molecular weight is 206 g/mol. The quantitative estimate of drug-likeness (QED) is 0.524. The number of hydrogen-bond acceptors (Lipinski definition) is 3. The number of ether oxygens (including phenoxy) is 1. The predicted molar refractivity (Wildman–Crippen MR) is 50.9 cm³/mol. The molecule has 0 spiro atoms. The number of hydrogen-bond donors (Lipinski definition) is 0. The van der Waals surface area contributed by atoms with E-state index in [9.17, 15) is 9.59 Å². The molecule has 2 amide bonds. The maximum absolute atomic E-state index is 11.9. The minimum atomic E-state index is -0.291. The standard InChI is InChI=1S/C11H12NO3/c1-5-3-4-6-7-8(9(5)15-6)11(14)12(2)10(7)13/h3-4,6-9H,1-2H3/t6-,7-,8-,9+/m0/s1. The van der Waals surface area contributed by atoms with Gasteiger partial charge in [0.05, 0.1) is 24.0 Å². The second kappa shape index (κ2) is 2.82. The highest BCUT2D eigenvalue weighted by atomic mass is 16.5. The highest BCUT2D eigenvalue weighted by Gasteiger charge is 2.61. The molecule has 2 bridgehead atoms. The lowest BCUT2D eigenvalue weighted by atomic mass is 9.88. The fraction of sp³-hybridized carbons (Fsp3) is 0.545. The molecule has 4 atom stereocenters. The molecule has 15 heavy (non-hydrogen) atoms. The van der Waals surface area contributed by atoms with Gasteiger partial charge < -0.3 is 4.74 Å². The van der Waals surface area contributed by atoms with Crippen molar-refractivity contribution >= 4 is 11.8 Å². The largest absolute Gasteiger partial charge is 0.372 e. The Morgan fingerprint density at radius 2 is 1.93 bits per heavy atom. The molecule has 3 saturated heterocycles. The third-order valence-electron chi connectivity index (χ3n) is 3.60. The fourth-order valence-corrected chi connectivity index (χ4v) is 2.76. The van der Waals surface area contributed by atoms with E-state index in [1.165, 1.54) is 4.90 Å². The van der Waals surface area contributed by atoms with Gasteiger partial charge in [-0.05, 0) is 12.8 Å². The highest BCUT2D eigenvalue weighted by Crippen LogP contribution is 2.48. The van der Waals surface area contributed by atoms with Crippen LogP contribution in [0.3, 0.4) is 0 Å². The van der Waals surface area contributed by atoms with Crippen LogP contribution in [0.25, 0.3) is 0 Å². The Morgan fingerprint density at radius 3 is 2.67 bits per heavy atom. The molecule has 4 nitrogen and oxygen atoms in total. The molecule has 0 aromatic carbocycles. The van der Waals surface area contributed by atoms with Gasteiger partial charge in [0.2, 0.25) is 11.8 Å². The molecule has 3 aliphatic heterocycles. The number of rotatable bonds is 0. The molecule has 0 unspecified atom stereocenters. The monoisotopic (exact) mass is 206 g/mol. The normalized spacial score (nSPS) is 45.1. The van der Waals surface area contributed by atoms with E-state index in [4.69, 9.17) is 4.74 Å². The summed E-state index contributed by atoms with van der Waals surface area (Å²) in [5.74, 6) is 0.260. The van der Waals surface area contributed by atoms with Crippen molar-refractivity contribution in [3.05, 3.63) is 18.8 Å². The van der Waals surface area contributed by atoms with Crippen LogP contribution in [0.5, 0.6) is 0 Å². The van der Waals surface area contributed by atoms with Crippen LogP contribution in [-0.2, 0) is 14.3 Å². The molecule has 3 rings (SSSR count). The molecule has 0 saturated carbocycles. The van der Waals surface area contributed by atoms with Gasteiger partial charge in [-0.3, -0.25) is 14.5 Å². The lowest BCUT2D eigenvalue weighted by molar-refractivity contribution is -0.141. The second-order valence-corrected chi connectivity index (χ2v) is 4.41. The van der Waals surface area contributed by atoms with Crippen molar-refractivity contribution in [2.24, 2.45) is 11.8 Å². The van der Waals surface area contributed by atoms with Crippen molar-refractivity contribution in [2.45, 2.75) is 19.1 Å². The third-order valence-corrected chi connectivity index (χ3v) is 3.60. The summed E-state index contributed by atoms with van der Waals surface area (Å²) < 4.78 is 5.67. The lowest BCUT2D eigenvalue weighted by Gasteiger charge is -2.28. The Balaban J connectivity index is 2.01. The molecule has 0 aromatic rings. The zero-order valence-electron chi connectivity index (χ0n) is 8.64. The Labute approximate surface area is 88.6 Å². The molecule has 4 heteroatoms. The summed E-state index contributed by atoms with van der Waals surface area (Å²) in [5.41, 5.74) is 0. The summed E-state index contributed by atoms with van der Waals surface area (Å²) >= 11 is 0. The number of carbonyl (C=O) groups is 2. The van der Waals surface area contributed by atoms with Crippen molar-refractivity contribution < 1.29 is 14.3 Å². The molecule has 79 valence electrons. The number of fused-ring (bicyclic) bond motifs is 5. The molecule has 0 N–H and O–H groups in total. The van der Waals surface area contributed by atoms with Gasteiger partial charge in [0.25, 0.3) is 0 Å². The third kappa shape index (κ3) is 1.00. The number of imide groups is 1. The summed E-state index contributed by atoms with van der Waals surface area (Å²) in [5, 5.41) is 0. The Morgan fingerprint density at radius 1 is 1.27 bits per heavy atom. The fourth-order valence-electron chi connectivity index (χ4n) is 2.76. The van der Waals surface area contributed by atoms with Gasteiger partial charge in [0.15, 0.2) is 0 Å². The second-order valence-electron chi connectivity index (χ2n) is 4.41. The van der Waals surface area contributed by atoms with E-state index in [0.29, 0.717) is 0 Å². The van der Waals surface area contributed by atoms with Crippen LogP contribution in [-0.4, -0.2) is 36.0 Å². The van der Waals surface area contributed by atoms with Gasteiger partial charge in [0, 0.05) is 13.0 Å². The van der Waals surface area contributed by atoms with E-state index in [2.05, 4.69) is 0 Å². The molecule has 3 fully saturated rings. The van der Waals surface area contributed by atoms with Gasteiger partial charge in [-0.2, -0.15) is 0 Å². The van der Waals surface area contributed by atoms with E-state index >= 15 is 0 Å². The average Bonchev–Trinajstić information content (AvgIpc) is 2.65. The number of carbonyl (C=O) groups excluding carboxylic acids is 2. The van der Waals surface area contributed by atoms with Crippen LogP contribution >= 0.6 is 0 Å². The number of nitrogens with zero attached hydrogens (tertiary/aromatic N) is 1. The maximum Gasteiger partial charge on any atom is 0.235 e. The Hall–Kier alpha value is -0.900. The summed E-state index contributed by atoms with van der Waals surface area (Å²) in [4.78, 5) is 24.9. The van der Waals surface area contributed by atoms with E-state index in [0.717, 1.165) is 5.92 Å². The predicted octanol–water partition coefficient (Wildman–Crippen LogP) is 0.00137. The first kappa shape index (κ1) is 9.33. The van der Waals surface area contributed by atoms with E-state index in [1.54, 1.807) is 7.05 Å². The smallest absolute Gasteiger partial charge is 0.235 e. The van der Waals surface area contributed by atoms with Crippen LogP contribution in [0.15, 0.2) is 0 Å². The molecule has 0 aromatic heterocycles. The first-order chi connectivity index (χ1) is 7.11. The first-order valence-corrected chi connectivity index (χ1v) is 5.10. The van der Waals surface area contributed by atoms with Crippen LogP contribution in [0.1, 0.15) is 6.92 Å². The minimum absolute atomic E-state index is 0.0967. The van der Waals surface area contributed by atoms with Crippen molar-refractivity contribution in [3.63, 3.8) is 0 Å². The molecule has 3 radical (unpaired) electrons. The number of likely N-dealkylation sites (tertiary alicyclic amines) is 1. The Kier molecular flexibility index (Phi) is 1.75. The maximum atomic E-state index is 11.9. The van der Waals surface area contributed by atoms with Gasteiger partial charge in [-0.25, -0.2) is 0 Å². The summed E-state index contributed by atoms with van der Waals surface area (Å²) in [6.45, 7) is 1.94. The van der Waals surface area contributed by atoms with Crippen molar-refractivity contribution in [2.75, 3.05) is 7.05 Å². The molecule has 0 aliphatic carbocycles. The Bertz CT molecular complexity index is 341. The van der Waals surface area contributed by atoms with Gasteiger partial charge in [-0.1, -0.05) is 6.92 Å².